The summed E-state index contributed by atoms with van der Waals surface area (Å²) in [4.78, 5) is 36.5. The summed E-state index contributed by atoms with van der Waals surface area (Å²) >= 11 is 0. The Morgan fingerprint density at radius 3 is 2.45 bits per heavy atom. The number of aliphatic hydroxyl groups is 1. The Bertz CT molecular complexity index is 521. The lowest BCUT2D eigenvalue weighted by Crippen LogP contribution is -2.45. The molecule has 0 heterocycles. The molecule has 3 N–H and O–H groups in total. The number of nitrogens with one attached hydrogen (secondary N) is 2. The molecule has 8 heteroatoms. The Morgan fingerprint density at radius 2 is 1.86 bits per heavy atom. The normalized spacial score (nSPS) is 12.7. The van der Waals surface area contributed by atoms with Crippen LogP contribution >= 0.6 is 0 Å². The maximum Gasteiger partial charge on any atom is 0.306 e. The van der Waals surface area contributed by atoms with E-state index < -0.39 is 5.92 Å². The van der Waals surface area contributed by atoms with Gasteiger partial charge in [-0.15, -0.1) is 13.2 Å². The second-order valence-corrected chi connectivity index (χ2v) is 6.98. The van der Waals surface area contributed by atoms with Crippen LogP contribution in [0.3, 0.4) is 0 Å². The highest BCUT2D eigenvalue weighted by Gasteiger charge is 2.25. The lowest BCUT2D eigenvalue weighted by Gasteiger charge is -2.25. The van der Waals surface area contributed by atoms with Crippen LogP contribution in [-0.4, -0.2) is 61.9 Å². The summed E-state index contributed by atoms with van der Waals surface area (Å²) in [5.74, 6) is -1.40. The Hall–Kier alpha value is -2.19. The fraction of sp³-hybridized carbons (Fsp3) is 0.667. The van der Waals surface area contributed by atoms with E-state index in [2.05, 4.69) is 23.8 Å². The van der Waals surface area contributed by atoms with E-state index in [4.69, 9.17) is 14.6 Å². The Labute approximate surface area is 173 Å². The molecular formula is C21H36N2O6. The van der Waals surface area contributed by atoms with Crippen LogP contribution in [0, 0.1) is 11.8 Å². The second-order valence-electron chi connectivity index (χ2n) is 6.98. The molecule has 0 aliphatic carbocycles. The number of ether oxygens (including phenoxy) is 2. The number of hydrogen-bond acceptors (Lipinski definition) is 6. The summed E-state index contributed by atoms with van der Waals surface area (Å²) in [6.45, 7) is 11.9. The molecule has 0 bridgehead atoms. The minimum atomic E-state index is -0.566. The van der Waals surface area contributed by atoms with E-state index >= 15 is 0 Å². The number of allylic oxidation sites excluding steroid dienone is 2. The zero-order valence-corrected chi connectivity index (χ0v) is 17.7. The minimum absolute atomic E-state index is 0.0157. The van der Waals surface area contributed by atoms with Gasteiger partial charge in [0.2, 0.25) is 11.8 Å². The summed E-state index contributed by atoms with van der Waals surface area (Å²) in [6.07, 6.45) is 4.41. The minimum Gasteiger partial charge on any atom is -0.463 e. The maximum absolute atomic E-state index is 12.7. The van der Waals surface area contributed by atoms with Crippen LogP contribution in [0.2, 0.25) is 0 Å². The van der Waals surface area contributed by atoms with Gasteiger partial charge in [0, 0.05) is 19.4 Å². The number of carbonyl (C=O) groups excluding carboxylic acids is 3. The molecule has 0 radical (unpaired) electrons. The summed E-state index contributed by atoms with van der Waals surface area (Å²) in [7, 11) is 0. The van der Waals surface area contributed by atoms with Crippen LogP contribution in [-0.2, 0) is 23.9 Å². The molecule has 2 unspecified atom stereocenters. The van der Waals surface area contributed by atoms with Gasteiger partial charge in [-0.25, -0.2) is 0 Å². The summed E-state index contributed by atoms with van der Waals surface area (Å²) in [6, 6.07) is -0.350. The monoisotopic (exact) mass is 412 g/mol. The quantitative estimate of drug-likeness (QED) is 0.189. The standard InChI is InChI=1S/C21H36N2O6/c1-5-7-9-20(26)29-15-18(16(3)4)23-21(27)17(8-6-2)14-19(25)22-10-12-28-13-11-24/h5-6,16-18,24H,1-2,7-15H2,3-4H3,(H,22,25)(H,23,27). The Kier molecular flexibility index (Phi) is 15.5. The molecular weight excluding hydrogens is 376 g/mol. The van der Waals surface area contributed by atoms with Gasteiger partial charge in [0.25, 0.3) is 0 Å². The van der Waals surface area contributed by atoms with Gasteiger partial charge in [0.1, 0.15) is 6.61 Å². The molecule has 0 saturated carbocycles. The molecule has 0 saturated heterocycles. The van der Waals surface area contributed by atoms with Crippen LogP contribution in [0.15, 0.2) is 25.3 Å². The average Bonchev–Trinajstić information content (AvgIpc) is 2.68. The van der Waals surface area contributed by atoms with E-state index in [9.17, 15) is 14.4 Å². The Balaban J connectivity index is 4.61. The van der Waals surface area contributed by atoms with Crippen LogP contribution in [0.4, 0.5) is 0 Å². The highest BCUT2D eigenvalue weighted by atomic mass is 16.5. The van der Waals surface area contributed by atoms with Gasteiger partial charge < -0.3 is 25.2 Å². The largest absolute Gasteiger partial charge is 0.463 e. The first-order valence-corrected chi connectivity index (χ1v) is 9.98. The van der Waals surface area contributed by atoms with E-state index in [0.717, 1.165) is 0 Å². The molecule has 0 fully saturated rings. The van der Waals surface area contributed by atoms with Gasteiger partial charge in [0.15, 0.2) is 0 Å². The van der Waals surface area contributed by atoms with Crippen molar-refractivity contribution >= 4 is 17.8 Å². The third-order valence-electron chi connectivity index (χ3n) is 4.17. The predicted octanol–water partition coefficient (Wildman–Crippen LogP) is 1.34. The van der Waals surface area contributed by atoms with Crippen LogP contribution in [0.5, 0.6) is 0 Å². The number of amides is 2. The van der Waals surface area contributed by atoms with Gasteiger partial charge in [-0.05, 0) is 18.8 Å². The molecule has 0 rings (SSSR count). The zero-order valence-electron chi connectivity index (χ0n) is 17.7. The summed E-state index contributed by atoms with van der Waals surface area (Å²) in [5.41, 5.74) is 0. The molecule has 29 heavy (non-hydrogen) atoms. The van der Waals surface area contributed by atoms with Gasteiger partial charge in [-0.2, -0.15) is 0 Å². The Morgan fingerprint density at radius 1 is 1.14 bits per heavy atom. The van der Waals surface area contributed by atoms with Crippen molar-refractivity contribution in [2.45, 2.75) is 45.6 Å². The van der Waals surface area contributed by atoms with Crippen molar-refractivity contribution < 1.29 is 29.0 Å². The third kappa shape index (κ3) is 13.6. The van der Waals surface area contributed by atoms with Crippen molar-refractivity contribution in [2.24, 2.45) is 11.8 Å². The molecule has 166 valence electrons. The van der Waals surface area contributed by atoms with E-state index in [1.807, 2.05) is 13.8 Å². The third-order valence-corrected chi connectivity index (χ3v) is 4.17. The highest BCUT2D eigenvalue weighted by molar-refractivity contribution is 5.86. The van der Waals surface area contributed by atoms with Crippen LogP contribution < -0.4 is 10.6 Å². The van der Waals surface area contributed by atoms with Crippen molar-refractivity contribution in [3.8, 4) is 0 Å². The number of aliphatic hydroxyl groups excluding tert-OH is 1. The number of hydrogen-bond donors (Lipinski definition) is 3. The predicted molar refractivity (Wildman–Crippen MR) is 111 cm³/mol. The molecule has 0 aliphatic heterocycles. The molecule has 2 amide bonds. The van der Waals surface area contributed by atoms with Gasteiger partial charge in [-0.1, -0.05) is 26.0 Å². The molecule has 0 aromatic carbocycles. The van der Waals surface area contributed by atoms with Crippen LogP contribution in [0.25, 0.3) is 0 Å². The van der Waals surface area contributed by atoms with Crippen molar-refractivity contribution in [1.29, 1.82) is 0 Å². The number of rotatable bonds is 17. The second kappa shape index (κ2) is 16.7. The molecule has 8 nitrogen and oxygen atoms in total. The number of carbonyl (C=O) groups is 3. The highest BCUT2D eigenvalue weighted by Crippen LogP contribution is 2.12. The smallest absolute Gasteiger partial charge is 0.306 e. The van der Waals surface area contributed by atoms with Gasteiger partial charge in [0.05, 0.1) is 31.8 Å². The lowest BCUT2D eigenvalue weighted by molar-refractivity contribution is -0.145. The first kappa shape index (κ1) is 26.8. The van der Waals surface area contributed by atoms with E-state index in [1.165, 1.54) is 0 Å². The van der Waals surface area contributed by atoms with E-state index in [-0.39, 0.29) is 69.0 Å². The van der Waals surface area contributed by atoms with Crippen molar-refractivity contribution in [3.63, 3.8) is 0 Å². The molecule has 2 atom stereocenters. The van der Waals surface area contributed by atoms with Crippen molar-refractivity contribution in [1.82, 2.24) is 10.6 Å². The van der Waals surface area contributed by atoms with Crippen molar-refractivity contribution in [2.75, 3.05) is 33.0 Å². The topological polar surface area (TPSA) is 114 Å². The fourth-order valence-corrected chi connectivity index (χ4v) is 2.39. The van der Waals surface area contributed by atoms with E-state index in [1.54, 1.807) is 12.2 Å². The lowest BCUT2D eigenvalue weighted by atomic mass is 9.97. The molecule has 0 aromatic heterocycles. The first-order valence-electron chi connectivity index (χ1n) is 9.98. The number of esters is 1. The fourth-order valence-electron chi connectivity index (χ4n) is 2.39. The summed E-state index contributed by atoms with van der Waals surface area (Å²) < 4.78 is 10.3. The van der Waals surface area contributed by atoms with Crippen molar-refractivity contribution in [3.05, 3.63) is 25.3 Å². The molecule has 0 aliphatic rings. The average molecular weight is 413 g/mol. The van der Waals surface area contributed by atoms with E-state index in [0.29, 0.717) is 19.4 Å². The summed E-state index contributed by atoms with van der Waals surface area (Å²) in [5, 5.41) is 14.2. The van der Waals surface area contributed by atoms with Gasteiger partial charge in [-0.3, -0.25) is 14.4 Å². The first-order chi connectivity index (χ1) is 13.8. The SMILES string of the molecule is C=CCCC(=O)OCC(NC(=O)C(CC=C)CC(=O)NCCOCCO)C(C)C. The maximum atomic E-state index is 12.7. The molecule has 0 spiro atoms. The molecule has 0 aromatic rings. The van der Waals surface area contributed by atoms with Gasteiger partial charge >= 0.3 is 5.97 Å². The zero-order chi connectivity index (χ0) is 22.1. The van der Waals surface area contributed by atoms with Crippen LogP contribution in [0.1, 0.15) is 39.5 Å².